The van der Waals surface area contributed by atoms with Gasteiger partial charge in [-0.15, -0.1) is 0 Å². The summed E-state index contributed by atoms with van der Waals surface area (Å²) in [5.41, 5.74) is 1.98. The number of nitrogens with zero attached hydrogens (tertiary/aromatic N) is 2. The number of rotatable bonds is 6. The molecule has 2 heterocycles. The fourth-order valence-corrected chi connectivity index (χ4v) is 6.21. The van der Waals surface area contributed by atoms with Gasteiger partial charge in [-0.1, -0.05) is 31.0 Å². The van der Waals surface area contributed by atoms with Crippen LogP contribution in [0.2, 0.25) is 0 Å². The highest BCUT2D eigenvalue weighted by Gasteiger charge is 2.30. The van der Waals surface area contributed by atoms with Crippen LogP contribution in [0.1, 0.15) is 48.0 Å². The summed E-state index contributed by atoms with van der Waals surface area (Å²) < 4.78 is 38.6. The van der Waals surface area contributed by atoms with Crippen LogP contribution in [0.3, 0.4) is 0 Å². The highest BCUT2D eigenvalue weighted by Crippen LogP contribution is 2.30. The monoisotopic (exact) mass is 486 g/mol. The molecule has 34 heavy (non-hydrogen) atoms. The maximum Gasteiger partial charge on any atom is 0.338 e. The predicted octanol–water partition coefficient (Wildman–Crippen LogP) is 3.40. The van der Waals surface area contributed by atoms with E-state index in [2.05, 4.69) is 0 Å². The molecule has 0 atom stereocenters. The van der Waals surface area contributed by atoms with Crippen molar-refractivity contribution in [2.75, 3.05) is 38.3 Å². The van der Waals surface area contributed by atoms with Gasteiger partial charge in [0.25, 0.3) is 5.91 Å². The molecule has 1 amide bonds. The van der Waals surface area contributed by atoms with Crippen molar-refractivity contribution in [1.82, 2.24) is 4.31 Å². The molecule has 0 radical (unpaired) electrons. The lowest BCUT2D eigenvalue weighted by molar-refractivity contribution is -0.121. The van der Waals surface area contributed by atoms with Crippen molar-refractivity contribution in [3.63, 3.8) is 0 Å². The Morgan fingerprint density at radius 2 is 1.68 bits per heavy atom. The molecule has 0 saturated carbocycles. The quantitative estimate of drug-likeness (QED) is 0.581. The number of para-hydroxylation sites is 1. The fourth-order valence-electron chi connectivity index (χ4n) is 4.51. The molecule has 9 heteroatoms. The number of carbonyl (C=O) groups is 2. The summed E-state index contributed by atoms with van der Waals surface area (Å²) in [7, 11) is -2.45. The number of amides is 1. The lowest BCUT2D eigenvalue weighted by atomic mass is 10.0. The zero-order valence-corrected chi connectivity index (χ0v) is 20.2. The Balaban J connectivity index is 1.49. The van der Waals surface area contributed by atoms with Crippen molar-refractivity contribution in [3.05, 3.63) is 53.6 Å². The fraction of sp³-hybridized carbons (Fsp3) is 0.440. The van der Waals surface area contributed by atoms with E-state index in [1.807, 2.05) is 24.3 Å². The van der Waals surface area contributed by atoms with E-state index < -0.39 is 22.6 Å². The van der Waals surface area contributed by atoms with Gasteiger partial charge in [0.05, 0.1) is 12.7 Å². The molecule has 8 nitrogen and oxygen atoms in total. The van der Waals surface area contributed by atoms with Crippen molar-refractivity contribution in [2.45, 2.75) is 43.4 Å². The molecule has 0 spiro atoms. The third-order valence-electron chi connectivity index (χ3n) is 6.32. The Bertz CT molecular complexity index is 1160. The predicted molar refractivity (Wildman–Crippen MR) is 128 cm³/mol. The van der Waals surface area contributed by atoms with Crippen LogP contribution >= 0.6 is 0 Å². The van der Waals surface area contributed by atoms with Crippen LogP contribution in [-0.4, -0.2) is 58.0 Å². The van der Waals surface area contributed by atoms with E-state index in [1.165, 1.54) is 29.6 Å². The van der Waals surface area contributed by atoms with Crippen molar-refractivity contribution in [2.24, 2.45) is 0 Å². The Morgan fingerprint density at radius 1 is 0.941 bits per heavy atom. The molecule has 0 aliphatic carbocycles. The van der Waals surface area contributed by atoms with Crippen molar-refractivity contribution < 1.29 is 27.5 Å². The summed E-state index contributed by atoms with van der Waals surface area (Å²) in [5.74, 6) is -0.901. The first kappa shape index (κ1) is 24.2. The van der Waals surface area contributed by atoms with E-state index in [1.54, 1.807) is 4.90 Å². The van der Waals surface area contributed by atoms with E-state index in [0.29, 0.717) is 19.6 Å². The molecule has 2 aliphatic rings. The minimum Gasteiger partial charge on any atom is -0.495 e. The van der Waals surface area contributed by atoms with Crippen LogP contribution in [0.25, 0.3) is 0 Å². The first-order valence-corrected chi connectivity index (χ1v) is 13.1. The number of hydrogen-bond donors (Lipinski definition) is 0. The largest absolute Gasteiger partial charge is 0.495 e. The number of ether oxygens (including phenoxy) is 2. The first-order chi connectivity index (χ1) is 16.4. The third-order valence-corrected chi connectivity index (χ3v) is 8.24. The van der Waals surface area contributed by atoms with E-state index in [4.69, 9.17) is 9.47 Å². The molecule has 182 valence electrons. The van der Waals surface area contributed by atoms with Crippen LogP contribution in [0.5, 0.6) is 5.75 Å². The highest BCUT2D eigenvalue weighted by molar-refractivity contribution is 7.89. The molecule has 1 fully saturated rings. The van der Waals surface area contributed by atoms with Gasteiger partial charge in [-0.3, -0.25) is 4.79 Å². The summed E-state index contributed by atoms with van der Waals surface area (Å²) in [5, 5.41) is 0. The SMILES string of the molecule is COc1ccc(C(=O)OCC(=O)N2CCCc3ccccc32)cc1S(=O)(=O)N1CCCCCC1. The maximum atomic E-state index is 13.3. The van der Waals surface area contributed by atoms with E-state index in [-0.39, 0.29) is 22.1 Å². The zero-order chi connectivity index (χ0) is 24.1. The van der Waals surface area contributed by atoms with E-state index >= 15 is 0 Å². The zero-order valence-electron chi connectivity index (χ0n) is 19.4. The Hall–Kier alpha value is -2.91. The number of benzene rings is 2. The van der Waals surface area contributed by atoms with Crippen LogP contribution in [-0.2, 0) is 26.0 Å². The standard InChI is InChI=1S/C25H30N2O6S/c1-32-22-13-12-20(17-23(22)34(30,31)26-14-6-2-3-7-15-26)25(29)33-18-24(28)27-16-8-10-19-9-4-5-11-21(19)27/h4-5,9,11-13,17H,2-3,6-8,10,14-16,18H2,1H3. The summed E-state index contributed by atoms with van der Waals surface area (Å²) in [6, 6.07) is 11.9. The number of sulfonamides is 1. The topological polar surface area (TPSA) is 93.2 Å². The number of esters is 1. The summed E-state index contributed by atoms with van der Waals surface area (Å²) in [4.78, 5) is 27.1. The number of aryl methyl sites for hydroxylation is 1. The van der Waals surface area contributed by atoms with Crippen LogP contribution < -0.4 is 9.64 Å². The van der Waals surface area contributed by atoms with E-state index in [9.17, 15) is 18.0 Å². The summed E-state index contributed by atoms with van der Waals surface area (Å²) in [6.07, 6.45) is 5.32. The van der Waals surface area contributed by atoms with Gasteiger partial charge in [-0.05, 0) is 55.5 Å². The Labute approximate surface area is 200 Å². The number of carbonyl (C=O) groups excluding carboxylic acids is 2. The van der Waals surface area contributed by atoms with Crippen molar-refractivity contribution >= 4 is 27.6 Å². The lowest BCUT2D eigenvalue weighted by Crippen LogP contribution is -2.38. The van der Waals surface area contributed by atoms with Crippen LogP contribution in [0.15, 0.2) is 47.4 Å². The minimum atomic E-state index is -3.84. The Morgan fingerprint density at radius 3 is 2.41 bits per heavy atom. The molecule has 0 unspecified atom stereocenters. The molecule has 2 aromatic rings. The van der Waals surface area contributed by atoms with Gasteiger partial charge in [0.1, 0.15) is 10.6 Å². The first-order valence-electron chi connectivity index (χ1n) is 11.7. The minimum absolute atomic E-state index is 0.0565. The molecule has 4 rings (SSSR count). The lowest BCUT2D eigenvalue weighted by Gasteiger charge is -2.29. The summed E-state index contributed by atoms with van der Waals surface area (Å²) in [6.45, 7) is 1.01. The van der Waals surface area contributed by atoms with Crippen molar-refractivity contribution in [1.29, 1.82) is 0 Å². The van der Waals surface area contributed by atoms with Gasteiger partial charge >= 0.3 is 5.97 Å². The molecule has 0 N–H and O–H groups in total. The number of fused-ring (bicyclic) bond motifs is 1. The van der Waals surface area contributed by atoms with Gasteiger partial charge in [-0.25, -0.2) is 13.2 Å². The molecule has 0 aromatic heterocycles. The highest BCUT2D eigenvalue weighted by atomic mass is 32.2. The second-order valence-electron chi connectivity index (χ2n) is 8.54. The molecule has 2 aromatic carbocycles. The molecule has 1 saturated heterocycles. The maximum absolute atomic E-state index is 13.3. The average molecular weight is 487 g/mol. The van der Waals surface area contributed by atoms with Gasteiger partial charge < -0.3 is 14.4 Å². The molecular formula is C25H30N2O6S. The van der Waals surface area contributed by atoms with E-state index in [0.717, 1.165) is 49.8 Å². The van der Waals surface area contributed by atoms with Crippen LogP contribution in [0, 0.1) is 0 Å². The second kappa shape index (κ2) is 10.6. The molecule has 0 bridgehead atoms. The number of hydrogen-bond acceptors (Lipinski definition) is 6. The smallest absolute Gasteiger partial charge is 0.338 e. The second-order valence-corrected chi connectivity index (χ2v) is 10.4. The normalized spacial score (nSPS) is 16.9. The van der Waals surface area contributed by atoms with Crippen molar-refractivity contribution in [3.8, 4) is 5.75 Å². The summed E-state index contributed by atoms with van der Waals surface area (Å²) >= 11 is 0. The average Bonchev–Trinajstić information content (AvgIpc) is 3.16. The number of methoxy groups -OCH3 is 1. The van der Waals surface area contributed by atoms with Gasteiger partial charge in [-0.2, -0.15) is 4.31 Å². The van der Waals surface area contributed by atoms with Gasteiger partial charge in [0, 0.05) is 25.3 Å². The Kier molecular flexibility index (Phi) is 7.53. The third kappa shape index (κ3) is 5.10. The van der Waals surface area contributed by atoms with Crippen LogP contribution in [0.4, 0.5) is 5.69 Å². The number of anilines is 1. The van der Waals surface area contributed by atoms with Gasteiger partial charge in [0.2, 0.25) is 10.0 Å². The molecule has 2 aliphatic heterocycles. The molecular weight excluding hydrogens is 456 g/mol. The van der Waals surface area contributed by atoms with Gasteiger partial charge in [0.15, 0.2) is 6.61 Å².